The zero-order valence-electron chi connectivity index (χ0n) is 10.2. The van der Waals surface area contributed by atoms with E-state index in [-0.39, 0.29) is 18.2 Å². The van der Waals surface area contributed by atoms with E-state index in [1.165, 1.54) is 12.5 Å². The quantitative estimate of drug-likeness (QED) is 0.781. The standard InChI is InChI=1S/C12H18N2O3/c1-9(2)7-14-11(15)3-5-13-12(16)10-4-6-17-8-10/h4,6,8-9H,3,5,7H2,1-2H3,(H,13,16)(H,14,15). The first kappa shape index (κ1) is 13.3. The lowest BCUT2D eigenvalue weighted by Crippen LogP contribution is -2.32. The van der Waals surface area contributed by atoms with E-state index in [4.69, 9.17) is 4.42 Å². The first-order valence-electron chi connectivity index (χ1n) is 5.66. The minimum Gasteiger partial charge on any atom is -0.472 e. The summed E-state index contributed by atoms with van der Waals surface area (Å²) in [6.07, 6.45) is 3.09. The highest BCUT2D eigenvalue weighted by Gasteiger charge is 2.07. The van der Waals surface area contributed by atoms with E-state index >= 15 is 0 Å². The van der Waals surface area contributed by atoms with E-state index in [9.17, 15) is 9.59 Å². The average Bonchev–Trinajstić information content (AvgIpc) is 2.79. The first-order valence-corrected chi connectivity index (χ1v) is 5.66. The molecule has 0 fully saturated rings. The van der Waals surface area contributed by atoms with Gasteiger partial charge in [-0.15, -0.1) is 0 Å². The molecule has 1 rings (SSSR count). The van der Waals surface area contributed by atoms with Crippen molar-refractivity contribution in [2.24, 2.45) is 5.92 Å². The highest BCUT2D eigenvalue weighted by atomic mass is 16.3. The predicted octanol–water partition coefficient (Wildman–Crippen LogP) is 1.17. The van der Waals surface area contributed by atoms with Crippen molar-refractivity contribution in [3.63, 3.8) is 0 Å². The van der Waals surface area contributed by atoms with Crippen LogP contribution in [-0.4, -0.2) is 24.9 Å². The van der Waals surface area contributed by atoms with E-state index in [0.717, 1.165) is 0 Å². The van der Waals surface area contributed by atoms with Gasteiger partial charge in [-0.2, -0.15) is 0 Å². The Hall–Kier alpha value is -1.78. The zero-order chi connectivity index (χ0) is 12.7. The van der Waals surface area contributed by atoms with E-state index in [1.54, 1.807) is 6.07 Å². The van der Waals surface area contributed by atoms with Crippen molar-refractivity contribution in [2.75, 3.05) is 13.1 Å². The molecule has 0 aromatic carbocycles. The Bertz CT molecular complexity index is 358. The summed E-state index contributed by atoms with van der Waals surface area (Å²) in [7, 11) is 0. The maximum absolute atomic E-state index is 11.5. The van der Waals surface area contributed by atoms with Crippen LogP contribution >= 0.6 is 0 Å². The monoisotopic (exact) mass is 238 g/mol. The molecule has 1 heterocycles. The van der Waals surface area contributed by atoms with Gasteiger partial charge in [0.05, 0.1) is 11.8 Å². The van der Waals surface area contributed by atoms with Gasteiger partial charge in [-0.25, -0.2) is 0 Å². The van der Waals surface area contributed by atoms with E-state index < -0.39 is 0 Å². The molecule has 0 bridgehead atoms. The maximum atomic E-state index is 11.5. The molecule has 0 aliphatic carbocycles. The third kappa shape index (κ3) is 5.19. The van der Waals surface area contributed by atoms with Crippen LogP contribution < -0.4 is 10.6 Å². The summed E-state index contributed by atoms with van der Waals surface area (Å²) >= 11 is 0. The number of carbonyl (C=O) groups excluding carboxylic acids is 2. The molecular weight excluding hydrogens is 220 g/mol. The van der Waals surface area contributed by atoms with Gasteiger partial charge in [-0.1, -0.05) is 13.8 Å². The van der Waals surface area contributed by atoms with Crippen molar-refractivity contribution >= 4 is 11.8 Å². The molecule has 0 spiro atoms. The zero-order valence-corrected chi connectivity index (χ0v) is 10.2. The van der Waals surface area contributed by atoms with Crippen LogP contribution in [0.4, 0.5) is 0 Å². The number of furan rings is 1. The fraction of sp³-hybridized carbons (Fsp3) is 0.500. The van der Waals surface area contributed by atoms with Crippen molar-refractivity contribution in [1.29, 1.82) is 0 Å². The molecule has 0 unspecified atom stereocenters. The number of carbonyl (C=O) groups is 2. The Morgan fingerprint density at radius 2 is 2.12 bits per heavy atom. The molecule has 0 aliphatic rings. The lowest BCUT2D eigenvalue weighted by atomic mass is 10.2. The van der Waals surface area contributed by atoms with Gasteiger partial charge in [0.1, 0.15) is 6.26 Å². The van der Waals surface area contributed by atoms with Crippen LogP contribution in [0, 0.1) is 5.92 Å². The van der Waals surface area contributed by atoms with Crippen molar-refractivity contribution in [2.45, 2.75) is 20.3 Å². The molecule has 2 amide bonds. The molecule has 5 heteroatoms. The fourth-order valence-corrected chi connectivity index (χ4v) is 1.19. The molecule has 1 aromatic heterocycles. The molecule has 1 aromatic rings. The maximum Gasteiger partial charge on any atom is 0.254 e. The largest absolute Gasteiger partial charge is 0.472 e. The summed E-state index contributed by atoms with van der Waals surface area (Å²) in [5.41, 5.74) is 0.465. The number of hydrogen-bond acceptors (Lipinski definition) is 3. The minimum atomic E-state index is -0.226. The van der Waals surface area contributed by atoms with Crippen LogP contribution in [0.2, 0.25) is 0 Å². The fourth-order valence-electron chi connectivity index (χ4n) is 1.19. The molecule has 2 N–H and O–H groups in total. The van der Waals surface area contributed by atoms with Gasteiger partial charge in [0.2, 0.25) is 5.91 Å². The second-order valence-corrected chi connectivity index (χ2v) is 4.22. The summed E-state index contributed by atoms with van der Waals surface area (Å²) in [4.78, 5) is 22.8. The van der Waals surface area contributed by atoms with Crippen LogP contribution in [0.25, 0.3) is 0 Å². The lowest BCUT2D eigenvalue weighted by molar-refractivity contribution is -0.121. The number of nitrogens with one attached hydrogen (secondary N) is 2. The van der Waals surface area contributed by atoms with Gasteiger partial charge >= 0.3 is 0 Å². The molecule has 0 saturated carbocycles. The van der Waals surface area contributed by atoms with Gasteiger partial charge in [-0.05, 0) is 12.0 Å². The topological polar surface area (TPSA) is 71.3 Å². The van der Waals surface area contributed by atoms with Gasteiger partial charge in [0, 0.05) is 19.5 Å². The van der Waals surface area contributed by atoms with Gasteiger partial charge in [-0.3, -0.25) is 9.59 Å². The van der Waals surface area contributed by atoms with Crippen molar-refractivity contribution in [3.05, 3.63) is 24.2 Å². The summed E-state index contributed by atoms with van der Waals surface area (Å²) in [6, 6.07) is 1.58. The third-order valence-electron chi connectivity index (χ3n) is 2.13. The van der Waals surface area contributed by atoms with Gasteiger partial charge in [0.25, 0.3) is 5.91 Å². The summed E-state index contributed by atoms with van der Waals surface area (Å²) in [5, 5.41) is 5.43. The van der Waals surface area contributed by atoms with Crippen molar-refractivity contribution in [3.8, 4) is 0 Å². The van der Waals surface area contributed by atoms with E-state index in [1.807, 2.05) is 13.8 Å². The number of amides is 2. The number of rotatable bonds is 6. The van der Waals surface area contributed by atoms with Gasteiger partial charge in [0.15, 0.2) is 0 Å². The molecule has 94 valence electrons. The molecule has 0 radical (unpaired) electrons. The first-order chi connectivity index (χ1) is 8.09. The average molecular weight is 238 g/mol. The second kappa shape index (κ2) is 6.73. The summed E-state index contributed by atoms with van der Waals surface area (Å²) in [6.45, 7) is 5.05. The Morgan fingerprint density at radius 3 is 2.71 bits per heavy atom. The Morgan fingerprint density at radius 1 is 1.35 bits per heavy atom. The van der Waals surface area contributed by atoms with Gasteiger partial charge < -0.3 is 15.1 Å². The highest BCUT2D eigenvalue weighted by Crippen LogP contribution is 1.98. The normalized spacial score (nSPS) is 10.3. The number of hydrogen-bond donors (Lipinski definition) is 2. The van der Waals surface area contributed by atoms with Crippen LogP contribution in [0.5, 0.6) is 0 Å². The van der Waals surface area contributed by atoms with Crippen molar-refractivity contribution in [1.82, 2.24) is 10.6 Å². The predicted molar refractivity (Wildman–Crippen MR) is 63.5 cm³/mol. The molecule has 0 saturated heterocycles. The van der Waals surface area contributed by atoms with E-state index in [2.05, 4.69) is 10.6 Å². The Kier molecular flexibility index (Phi) is 5.26. The van der Waals surface area contributed by atoms with Crippen LogP contribution in [0.15, 0.2) is 23.0 Å². The summed E-state index contributed by atoms with van der Waals surface area (Å²) in [5.74, 6) is 0.154. The highest BCUT2D eigenvalue weighted by molar-refractivity contribution is 5.93. The SMILES string of the molecule is CC(C)CNC(=O)CCNC(=O)c1ccoc1. The molecule has 17 heavy (non-hydrogen) atoms. The molecule has 5 nitrogen and oxygen atoms in total. The van der Waals surface area contributed by atoms with Crippen LogP contribution in [0.3, 0.4) is 0 Å². The van der Waals surface area contributed by atoms with Crippen LogP contribution in [0.1, 0.15) is 30.6 Å². The van der Waals surface area contributed by atoms with E-state index in [0.29, 0.717) is 24.6 Å². The lowest BCUT2D eigenvalue weighted by Gasteiger charge is -2.07. The smallest absolute Gasteiger partial charge is 0.254 e. The molecular formula is C12H18N2O3. The minimum absolute atomic E-state index is 0.0498. The third-order valence-corrected chi connectivity index (χ3v) is 2.13. The van der Waals surface area contributed by atoms with Crippen molar-refractivity contribution < 1.29 is 14.0 Å². The summed E-state index contributed by atoms with van der Waals surface area (Å²) < 4.78 is 4.79. The Balaban J connectivity index is 2.15. The Labute approximate surface area is 101 Å². The second-order valence-electron chi connectivity index (χ2n) is 4.22. The van der Waals surface area contributed by atoms with Crippen LogP contribution in [-0.2, 0) is 4.79 Å². The molecule has 0 aliphatic heterocycles. The molecule has 0 atom stereocenters.